The van der Waals surface area contributed by atoms with Gasteiger partial charge in [-0.2, -0.15) is 0 Å². The Bertz CT molecular complexity index is 338. The molecular weight excluding hydrogens is 216 g/mol. The van der Waals surface area contributed by atoms with Crippen LogP contribution in [0.1, 0.15) is 25.8 Å². The fraction of sp³-hybridized carbons (Fsp3) is 0.462. The number of anilines is 1. The molecule has 0 heterocycles. The number of nitrogens with two attached hydrogens (primary N) is 2. The van der Waals surface area contributed by atoms with Gasteiger partial charge >= 0.3 is 5.97 Å². The number of hydrogen-bond acceptors (Lipinski definition) is 4. The monoisotopic (exact) mass is 238 g/mol. The molecule has 0 fully saturated rings. The lowest BCUT2D eigenvalue weighted by molar-refractivity contribution is -0.141. The zero-order valence-corrected chi connectivity index (χ0v) is 10.8. The number of rotatable bonds is 3. The fourth-order valence-corrected chi connectivity index (χ4v) is 1.14. The maximum absolute atomic E-state index is 10.4. The number of methoxy groups -OCH3 is 1. The van der Waals surface area contributed by atoms with Gasteiger partial charge in [0.25, 0.3) is 0 Å². The minimum absolute atomic E-state index is 0.125. The van der Waals surface area contributed by atoms with E-state index in [1.807, 2.05) is 38.1 Å². The zero-order chi connectivity index (χ0) is 13.3. The Kier molecular flexibility index (Phi) is 7.80. The molecule has 0 unspecified atom stereocenters. The SMILES string of the molecule is COC(=O)CC(C)C.NCc1ccccc1N. The van der Waals surface area contributed by atoms with Gasteiger partial charge in [-0.1, -0.05) is 32.0 Å². The summed E-state index contributed by atoms with van der Waals surface area (Å²) in [5.74, 6) is 0.280. The molecule has 4 N–H and O–H groups in total. The maximum Gasteiger partial charge on any atom is 0.305 e. The van der Waals surface area contributed by atoms with Crippen molar-refractivity contribution in [3.8, 4) is 0 Å². The minimum Gasteiger partial charge on any atom is -0.469 e. The first-order chi connectivity index (χ1) is 8.01. The standard InChI is InChI=1S/C7H10N2.C6H12O2/c8-5-6-3-1-2-4-7(6)9;1-5(2)4-6(7)8-3/h1-4H,5,8-9H2;5H,4H2,1-3H3. The van der Waals surface area contributed by atoms with Crippen LogP contribution in [0.3, 0.4) is 0 Å². The molecule has 0 aliphatic carbocycles. The van der Waals surface area contributed by atoms with Crippen LogP contribution in [0.2, 0.25) is 0 Å². The van der Waals surface area contributed by atoms with Gasteiger partial charge < -0.3 is 16.2 Å². The molecule has 1 rings (SSSR count). The van der Waals surface area contributed by atoms with E-state index in [0.717, 1.165) is 11.3 Å². The van der Waals surface area contributed by atoms with Crippen molar-refractivity contribution in [1.29, 1.82) is 0 Å². The lowest BCUT2D eigenvalue weighted by Gasteiger charge is -1.99. The predicted octanol–water partition coefficient (Wildman–Crippen LogP) is 1.93. The van der Waals surface area contributed by atoms with Gasteiger partial charge in [0, 0.05) is 18.7 Å². The van der Waals surface area contributed by atoms with Crippen molar-refractivity contribution in [3.05, 3.63) is 29.8 Å². The molecule has 0 radical (unpaired) electrons. The van der Waals surface area contributed by atoms with E-state index in [4.69, 9.17) is 11.5 Å². The summed E-state index contributed by atoms with van der Waals surface area (Å²) in [5.41, 5.74) is 12.7. The van der Waals surface area contributed by atoms with E-state index in [0.29, 0.717) is 18.9 Å². The zero-order valence-electron chi connectivity index (χ0n) is 10.8. The van der Waals surface area contributed by atoms with Gasteiger partial charge in [0.15, 0.2) is 0 Å². The Labute approximate surface area is 103 Å². The second kappa shape index (κ2) is 8.58. The lowest BCUT2D eigenvalue weighted by atomic mass is 10.1. The molecule has 4 heteroatoms. The Morgan fingerprint density at radius 1 is 1.35 bits per heavy atom. The van der Waals surface area contributed by atoms with Crippen LogP contribution in [0.25, 0.3) is 0 Å². The third-order valence-corrected chi connectivity index (χ3v) is 2.08. The van der Waals surface area contributed by atoms with E-state index in [1.54, 1.807) is 0 Å². The summed E-state index contributed by atoms with van der Waals surface area (Å²) in [4.78, 5) is 10.4. The second-order valence-electron chi connectivity index (χ2n) is 4.08. The molecule has 0 saturated carbocycles. The van der Waals surface area contributed by atoms with E-state index < -0.39 is 0 Å². The van der Waals surface area contributed by atoms with Gasteiger partial charge in [0.1, 0.15) is 0 Å². The van der Waals surface area contributed by atoms with Gasteiger partial charge in [-0.15, -0.1) is 0 Å². The molecule has 96 valence electrons. The van der Waals surface area contributed by atoms with E-state index in [1.165, 1.54) is 7.11 Å². The molecule has 1 aromatic rings. The maximum atomic E-state index is 10.4. The number of esters is 1. The Balaban J connectivity index is 0.000000304. The molecule has 17 heavy (non-hydrogen) atoms. The van der Waals surface area contributed by atoms with Crippen molar-refractivity contribution >= 4 is 11.7 Å². The smallest absolute Gasteiger partial charge is 0.305 e. The van der Waals surface area contributed by atoms with Gasteiger partial charge in [-0.3, -0.25) is 4.79 Å². The van der Waals surface area contributed by atoms with Crippen LogP contribution < -0.4 is 11.5 Å². The van der Waals surface area contributed by atoms with Crippen LogP contribution in [0.4, 0.5) is 5.69 Å². The van der Waals surface area contributed by atoms with Gasteiger partial charge in [0.2, 0.25) is 0 Å². The summed E-state index contributed by atoms with van der Waals surface area (Å²) in [7, 11) is 1.41. The first-order valence-electron chi connectivity index (χ1n) is 5.61. The quantitative estimate of drug-likeness (QED) is 0.623. The highest BCUT2D eigenvalue weighted by Crippen LogP contribution is 2.07. The molecule has 0 aliphatic rings. The van der Waals surface area contributed by atoms with E-state index in [-0.39, 0.29) is 5.97 Å². The highest BCUT2D eigenvalue weighted by molar-refractivity contribution is 5.69. The summed E-state index contributed by atoms with van der Waals surface area (Å²) >= 11 is 0. The van der Waals surface area contributed by atoms with Crippen molar-refractivity contribution in [3.63, 3.8) is 0 Å². The molecule has 0 bridgehead atoms. The predicted molar refractivity (Wildman–Crippen MR) is 70.2 cm³/mol. The second-order valence-corrected chi connectivity index (χ2v) is 4.08. The highest BCUT2D eigenvalue weighted by Gasteiger charge is 2.01. The van der Waals surface area contributed by atoms with Crippen LogP contribution in [-0.4, -0.2) is 13.1 Å². The topological polar surface area (TPSA) is 78.3 Å². The molecule has 0 aliphatic heterocycles. The molecule has 0 atom stereocenters. The number of para-hydroxylation sites is 1. The van der Waals surface area contributed by atoms with Gasteiger partial charge in [-0.05, 0) is 17.5 Å². The summed E-state index contributed by atoms with van der Waals surface area (Å²) in [6.07, 6.45) is 0.524. The number of ether oxygens (including phenoxy) is 1. The van der Waals surface area contributed by atoms with Crippen molar-refractivity contribution in [2.24, 2.45) is 11.7 Å². The van der Waals surface area contributed by atoms with Crippen molar-refractivity contribution < 1.29 is 9.53 Å². The van der Waals surface area contributed by atoms with Gasteiger partial charge in [0.05, 0.1) is 7.11 Å². The molecular formula is C13H22N2O2. The molecule has 0 spiro atoms. The molecule has 4 nitrogen and oxygen atoms in total. The van der Waals surface area contributed by atoms with E-state index in [9.17, 15) is 4.79 Å². The van der Waals surface area contributed by atoms with E-state index >= 15 is 0 Å². The third-order valence-electron chi connectivity index (χ3n) is 2.08. The van der Waals surface area contributed by atoms with Crippen LogP contribution in [0.15, 0.2) is 24.3 Å². The fourth-order valence-electron chi connectivity index (χ4n) is 1.14. The number of benzene rings is 1. The number of hydrogen-bond donors (Lipinski definition) is 2. The van der Waals surface area contributed by atoms with E-state index in [2.05, 4.69) is 4.74 Å². The highest BCUT2D eigenvalue weighted by atomic mass is 16.5. The molecule has 0 amide bonds. The minimum atomic E-state index is -0.125. The Hall–Kier alpha value is -1.55. The number of nitrogen functional groups attached to an aromatic ring is 1. The molecule has 1 aromatic carbocycles. The van der Waals surface area contributed by atoms with Crippen LogP contribution in [0.5, 0.6) is 0 Å². The van der Waals surface area contributed by atoms with Crippen molar-refractivity contribution in [2.75, 3.05) is 12.8 Å². The number of carbonyl (C=O) groups is 1. The van der Waals surface area contributed by atoms with Crippen LogP contribution >= 0.6 is 0 Å². The van der Waals surface area contributed by atoms with Crippen molar-refractivity contribution in [2.45, 2.75) is 26.8 Å². The summed E-state index contributed by atoms with van der Waals surface area (Å²) in [6, 6.07) is 7.60. The molecule has 0 saturated heterocycles. The van der Waals surface area contributed by atoms with Crippen molar-refractivity contribution in [1.82, 2.24) is 0 Å². The first-order valence-corrected chi connectivity index (χ1v) is 5.61. The first kappa shape index (κ1) is 15.4. The number of carbonyl (C=O) groups excluding carboxylic acids is 1. The normalized spacial score (nSPS) is 9.47. The Morgan fingerprint density at radius 3 is 2.24 bits per heavy atom. The largest absolute Gasteiger partial charge is 0.469 e. The summed E-state index contributed by atoms with van der Waals surface area (Å²) < 4.78 is 4.42. The third kappa shape index (κ3) is 7.36. The van der Waals surface area contributed by atoms with Crippen LogP contribution in [-0.2, 0) is 16.1 Å². The Morgan fingerprint density at radius 2 is 1.94 bits per heavy atom. The summed E-state index contributed by atoms with van der Waals surface area (Å²) in [5, 5.41) is 0. The average molecular weight is 238 g/mol. The summed E-state index contributed by atoms with van der Waals surface area (Å²) in [6.45, 7) is 4.49. The van der Waals surface area contributed by atoms with Gasteiger partial charge in [-0.25, -0.2) is 0 Å². The lowest BCUT2D eigenvalue weighted by Crippen LogP contribution is -2.03. The average Bonchev–Trinajstić information content (AvgIpc) is 2.29. The molecule has 0 aromatic heterocycles. The van der Waals surface area contributed by atoms with Crippen LogP contribution in [0, 0.1) is 5.92 Å².